The fourth-order valence-electron chi connectivity index (χ4n) is 9.93. The molecule has 3 atom stereocenters. The number of anilines is 4. The molecule has 3 aromatic heterocycles. The zero-order valence-electron chi connectivity index (χ0n) is 34.8. The molecule has 14 nitrogen and oxygen atoms in total. The van der Waals surface area contributed by atoms with Crippen LogP contribution in [0.3, 0.4) is 0 Å². The second-order valence-electron chi connectivity index (χ2n) is 17.8. The number of carbonyl (C=O) groups excluding carboxylic acids is 2. The number of piperidine rings is 3. The zero-order chi connectivity index (χ0) is 43.9. The second kappa shape index (κ2) is 15.6. The average molecular weight is 891 g/mol. The molecule has 0 radical (unpaired) electrons. The smallest absolute Gasteiger partial charge is 0.301 e. The fraction of sp³-hybridized carbons (Fsp3) is 0.500. The number of benzene rings is 2. The SMILES string of the molecule is Cn1nc(C2CCC(=O)NC2=O)c2ccc(C3CCN(C[C@@H]4CCN(c5ncc(Cl)c(Nc6ccc7c(c6)c6c(c(=O)n7C)OCC(F)(F)[C@H](C7CC7)N6)n5)CC4(F)F)CC3)cc21. The van der Waals surface area contributed by atoms with Gasteiger partial charge in [0.1, 0.15) is 5.02 Å². The van der Waals surface area contributed by atoms with Gasteiger partial charge in [-0.15, -0.1) is 0 Å². The number of imide groups is 1. The minimum Gasteiger partial charge on any atom is -0.480 e. The van der Waals surface area contributed by atoms with E-state index >= 15 is 17.6 Å². The first-order valence-corrected chi connectivity index (χ1v) is 21.9. The van der Waals surface area contributed by atoms with Gasteiger partial charge in [0, 0.05) is 56.0 Å². The zero-order valence-corrected chi connectivity index (χ0v) is 35.5. The van der Waals surface area contributed by atoms with Gasteiger partial charge in [-0.3, -0.25) is 24.4 Å². The van der Waals surface area contributed by atoms with E-state index in [0.717, 1.165) is 29.3 Å². The first-order valence-electron chi connectivity index (χ1n) is 21.5. The number of rotatable bonds is 8. The summed E-state index contributed by atoms with van der Waals surface area (Å²) >= 11 is 6.54. The molecule has 19 heteroatoms. The number of pyridine rings is 1. The van der Waals surface area contributed by atoms with Crippen molar-refractivity contribution in [1.29, 1.82) is 0 Å². The third kappa shape index (κ3) is 7.72. The maximum Gasteiger partial charge on any atom is 0.301 e. The number of aryl methyl sites for hydroxylation is 2. The van der Waals surface area contributed by atoms with Gasteiger partial charge in [-0.05, 0) is 93.3 Å². The lowest BCUT2D eigenvalue weighted by Crippen LogP contribution is -2.53. The van der Waals surface area contributed by atoms with Crippen molar-refractivity contribution >= 4 is 68.4 Å². The van der Waals surface area contributed by atoms with Gasteiger partial charge in [-0.1, -0.05) is 23.7 Å². The van der Waals surface area contributed by atoms with Gasteiger partial charge in [0.15, 0.2) is 12.4 Å². The monoisotopic (exact) mass is 890 g/mol. The van der Waals surface area contributed by atoms with Crippen molar-refractivity contribution < 1.29 is 31.9 Å². The molecule has 0 bridgehead atoms. The Labute approximate surface area is 364 Å². The molecule has 2 amide bonds. The van der Waals surface area contributed by atoms with E-state index < -0.39 is 48.4 Å². The van der Waals surface area contributed by atoms with Crippen LogP contribution in [0.5, 0.6) is 5.75 Å². The Morgan fingerprint density at radius 2 is 1.71 bits per heavy atom. The van der Waals surface area contributed by atoms with E-state index in [4.69, 9.17) is 16.3 Å². The number of nitrogens with one attached hydrogen (secondary N) is 3. The summed E-state index contributed by atoms with van der Waals surface area (Å²) < 4.78 is 70.9. The van der Waals surface area contributed by atoms with Gasteiger partial charge in [0.2, 0.25) is 23.5 Å². The van der Waals surface area contributed by atoms with Gasteiger partial charge in [-0.2, -0.15) is 10.1 Å². The maximum atomic E-state index is 16.0. The Balaban J connectivity index is 0.791. The van der Waals surface area contributed by atoms with Crippen LogP contribution in [-0.4, -0.2) is 98.2 Å². The number of hydrogen-bond donors (Lipinski definition) is 3. The molecule has 1 aliphatic carbocycles. The third-order valence-electron chi connectivity index (χ3n) is 13.6. The van der Waals surface area contributed by atoms with Crippen molar-refractivity contribution in [1.82, 2.24) is 34.5 Å². The van der Waals surface area contributed by atoms with Crippen molar-refractivity contribution in [2.24, 2.45) is 25.9 Å². The van der Waals surface area contributed by atoms with Gasteiger partial charge >= 0.3 is 5.92 Å². The lowest BCUT2D eigenvalue weighted by atomic mass is 9.86. The standard InChI is InChI=1S/C44H47ClF4N10O4/c1-56-32-9-6-27(18-30(32)36-37(41(56)62)63-22-44(48,49)38(53-36)24-3-4-24)51-39-31(45)19-50-42(54-39)59-16-13-26(43(46,47)21-59)20-58-14-11-23(12-15-58)25-5-7-28-33(17-25)57(2)55-35(28)29-8-10-34(60)52-40(29)61/h5-7,9,17-19,23-24,26,29,38,53H,3-4,8,10-16,20-22H2,1-2H3,(H,50,51,54)(H,52,60,61)/t26-,29?,38-/m0/s1. The number of fused-ring (bicyclic) bond motifs is 4. The van der Waals surface area contributed by atoms with Gasteiger partial charge in [-0.25, -0.2) is 22.5 Å². The highest BCUT2D eigenvalue weighted by atomic mass is 35.5. The number of aromatic nitrogens is 5. The highest BCUT2D eigenvalue weighted by Crippen LogP contribution is 2.46. The van der Waals surface area contributed by atoms with Gasteiger partial charge < -0.3 is 29.7 Å². The van der Waals surface area contributed by atoms with Crippen LogP contribution in [-0.2, 0) is 23.7 Å². The van der Waals surface area contributed by atoms with E-state index in [1.54, 1.807) is 29.9 Å². The van der Waals surface area contributed by atoms with Crippen molar-refractivity contribution in [2.75, 3.05) is 54.9 Å². The van der Waals surface area contributed by atoms with Crippen LogP contribution in [0, 0.1) is 11.8 Å². The van der Waals surface area contributed by atoms with E-state index in [2.05, 4.69) is 48.0 Å². The number of hydrogen-bond acceptors (Lipinski definition) is 11. The van der Waals surface area contributed by atoms with Crippen molar-refractivity contribution in [3.8, 4) is 5.75 Å². The van der Waals surface area contributed by atoms with Crippen molar-refractivity contribution in [3.63, 3.8) is 0 Å². The molecular formula is C44H47ClF4N10O4. The molecular weight excluding hydrogens is 844 g/mol. The summed E-state index contributed by atoms with van der Waals surface area (Å²) in [7, 11) is 3.40. The number of ether oxygens (including phenoxy) is 1. The highest BCUT2D eigenvalue weighted by molar-refractivity contribution is 6.33. The maximum absolute atomic E-state index is 16.0. The molecule has 3 N–H and O–H groups in total. The summed E-state index contributed by atoms with van der Waals surface area (Å²) in [5, 5.41) is 14.7. The molecule has 332 valence electrons. The van der Waals surface area contributed by atoms with Crippen LogP contribution in [0.1, 0.15) is 68.0 Å². The Morgan fingerprint density at radius 3 is 2.46 bits per heavy atom. The molecule has 2 aromatic carbocycles. The summed E-state index contributed by atoms with van der Waals surface area (Å²) in [6, 6.07) is 10.1. The normalized spacial score (nSPS) is 24.1. The van der Waals surface area contributed by atoms with Gasteiger partial charge in [0.25, 0.3) is 11.5 Å². The van der Waals surface area contributed by atoms with Crippen LogP contribution < -0.4 is 31.1 Å². The molecule has 1 unspecified atom stereocenters. The lowest BCUT2D eigenvalue weighted by Gasteiger charge is -2.41. The summed E-state index contributed by atoms with van der Waals surface area (Å²) in [4.78, 5) is 50.0. The lowest BCUT2D eigenvalue weighted by molar-refractivity contribution is -0.134. The fourth-order valence-corrected chi connectivity index (χ4v) is 10.1. The first-order chi connectivity index (χ1) is 30.1. The molecule has 0 spiro atoms. The number of halogens is 5. The summed E-state index contributed by atoms with van der Waals surface area (Å²) in [5.41, 5.74) is 3.37. The Hall–Kier alpha value is -5.49. The number of carbonyl (C=O) groups is 2. The third-order valence-corrected chi connectivity index (χ3v) is 13.9. The quantitative estimate of drug-likeness (QED) is 0.113. The molecule has 4 fully saturated rings. The Morgan fingerprint density at radius 1 is 0.921 bits per heavy atom. The van der Waals surface area contributed by atoms with Gasteiger partial charge in [0.05, 0.1) is 47.1 Å². The van der Waals surface area contributed by atoms with E-state index in [1.807, 2.05) is 13.1 Å². The summed E-state index contributed by atoms with van der Waals surface area (Å²) in [6.45, 7) is 0.491. The summed E-state index contributed by atoms with van der Waals surface area (Å²) in [6.07, 6.45) is 5.25. The minimum atomic E-state index is -3.19. The molecule has 63 heavy (non-hydrogen) atoms. The number of alkyl halides is 4. The number of nitrogens with zero attached hydrogens (tertiary/aromatic N) is 7. The predicted octanol–water partition coefficient (Wildman–Crippen LogP) is 6.69. The predicted molar refractivity (Wildman–Crippen MR) is 230 cm³/mol. The average Bonchev–Trinajstić information content (AvgIpc) is 4.06. The summed E-state index contributed by atoms with van der Waals surface area (Å²) in [5.74, 6) is -8.01. The first kappa shape index (κ1) is 41.5. The van der Waals surface area contributed by atoms with E-state index in [1.165, 1.54) is 15.7 Å². The molecule has 5 aromatic rings. The second-order valence-corrected chi connectivity index (χ2v) is 18.2. The highest BCUT2D eigenvalue weighted by Gasteiger charge is 2.51. The Bertz CT molecular complexity index is 2720. The topological polar surface area (TPSA) is 152 Å². The van der Waals surface area contributed by atoms with Crippen LogP contribution in [0.4, 0.5) is 40.7 Å². The van der Waals surface area contributed by atoms with Crippen molar-refractivity contribution in [2.45, 2.75) is 74.7 Å². The molecule has 1 saturated carbocycles. The van der Waals surface area contributed by atoms with E-state index in [0.29, 0.717) is 61.2 Å². The largest absolute Gasteiger partial charge is 0.480 e. The van der Waals surface area contributed by atoms with Crippen molar-refractivity contribution in [3.05, 3.63) is 69.2 Å². The number of amides is 2. The van der Waals surface area contributed by atoms with E-state index in [-0.39, 0.29) is 71.3 Å². The van der Waals surface area contributed by atoms with Crippen LogP contribution in [0.15, 0.2) is 47.4 Å². The van der Waals surface area contributed by atoms with Crippen LogP contribution >= 0.6 is 11.6 Å². The van der Waals surface area contributed by atoms with E-state index in [9.17, 15) is 14.4 Å². The molecule has 4 aliphatic heterocycles. The Kier molecular flexibility index (Phi) is 10.3. The molecule has 10 rings (SSSR count). The molecule has 3 saturated heterocycles. The molecule has 5 aliphatic rings. The van der Waals surface area contributed by atoms with Crippen LogP contribution in [0.2, 0.25) is 5.02 Å². The molecule has 7 heterocycles. The van der Waals surface area contributed by atoms with Crippen LogP contribution in [0.25, 0.3) is 21.8 Å². The number of likely N-dealkylation sites (tertiary alicyclic amines) is 1. The minimum absolute atomic E-state index is 0.0945.